The Labute approximate surface area is 144 Å². The zero-order valence-electron chi connectivity index (χ0n) is 13.5. The van der Waals surface area contributed by atoms with Gasteiger partial charge in [0.1, 0.15) is 11.6 Å². The van der Waals surface area contributed by atoms with Crippen molar-refractivity contribution < 1.29 is 24.2 Å². The van der Waals surface area contributed by atoms with Crippen molar-refractivity contribution in [2.45, 2.75) is 32.1 Å². The normalized spacial score (nSPS) is 14.1. The smallest absolute Gasteiger partial charge is 0.333 e. The minimum Gasteiger partial charge on any atom is -0.508 e. The number of hydrogen-bond acceptors (Lipinski definition) is 3. The van der Waals surface area contributed by atoms with E-state index in [1.807, 2.05) is 0 Å². The third kappa shape index (κ3) is 5.50. The van der Waals surface area contributed by atoms with Gasteiger partial charge in [0, 0.05) is 18.2 Å². The Balaban J connectivity index is 1.91. The molecule has 0 aromatic heterocycles. The summed E-state index contributed by atoms with van der Waals surface area (Å²) in [6.45, 7) is 0. The van der Waals surface area contributed by atoms with Crippen molar-refractivity contribution in [2.24, 2.45) is 0 Å². The van der Waals surface area contributed by atoms with Gasteiger partial charge in [-0.25, -0.2) is 9.18 Å². The van der Waals surface area contributed by atoms with Crippen LogP contribution in [0.25, 0.3) is 0 Å². The predicted octanol–water partition coefficient (Wildman–Crippen LogP) is 2.86. The summed E-state index contributed by atoms with van der Waals surface area (Å²) < 4.78 is 13.4. The van der Waals surface area contributed by atoms with E-state index in [4.69, 9.17) is 10.2 Å². The lowest BCUT2D eigenvalue weighted by atomic mass is 9.96. The second-order valence-electron chi connectivity index (χ2n) is 5.56. The fourth-order valence-electron chi connectivity index (χ4n) is 2.45. The minimum atomic E-state index is -0.993. The van der Waals surface area contributed by atoms with E-state index in [-0.39, 0.29) is 29.2 Å². The van der Waals surface area contributed by atoms with Crippen molar-refractivity contribution >= 4 is 11.9 Å². The van der Waals surface area contributed by atoms with Gasteiger partial charge in [-0.15, -0.1) is 0 Å². The lowest BCUT2D eigenvalue weighted by molar-refractivity contribution is -0.133. The average Bonchev–Trinajstić information content (AvgIpc) is 2.56. The van der Waals surface area contributed by atoms with Gasteiger partial charge < -0.3 is 15.5 Å². The second kappa shape index (κ2) is 8.69. The molecule has 0 atom stereocenters. The number of carboxylic acids is 1. The molecule has 0 heterocycles. The van der Waals surface area contributed by atoms with E-state index in [9.17, 15) is 14.0 Å². The van der Waals surface area contributed by atoms with Crippen LogP contribution in [0.5, 0.6) is 5.75 Å². The highest BCUT2D eigenvalue weighted by Gasteiger charge is 2.19. The quantitative estimate of drug-likeness (QED) is 0.734. The first kappa shape index (κ1) is 18.3. The van der Waals surface area contributed by atoms with E-state index in [0.717, 1.165) is 18.9 Å². The lowest BCUT2D eigenvalue weighted by Crippen LogP contribution is -2.26. The first-order chi connectivity index (χ1) is 12.0. The van der Waals surface area contributed by atoms with E-state index >= 15 is 0 Å². The third-order valence-corrected chi connectivity index (χ3v) is 3.68. The highest BCUT2D eigenvalue weighted by atomic mass is 19.1. The zero-order valence-corrected chi connectivity index (χ0v) is 13.5. The molecule has 0 radical (unpaired) electrons. The number of allylic oxidation sites excluding steroid dienone is 2. The number of carbonyl (C=O) groups excluding carboxylic acids is 1. The van der Waals surface area contributed by atoms with E-state index in [1.165, 1.54) is 24.3 Å². The number of benzene rings is 1. The summed E-state index contributed by atoms with van der Waals surface area (Å²) in [4.78, 5) is 23.0. The SMILES string of the molecule is O=C(C/C=C/C#Cc1ccc(O)cc1F)NC1=C(C(=O)O)CCCC1. The van der Waals surface area contributed by atoms with Gasteiger partial charge >= 0.3 is 5.97 Å². The molecule has 0 spiro atoms. The lowest BCUT2D eigenvalue weighted by Gasteiger charge is -2.18. The highest BCUT2D eigenvalue weighted by molar-refractivity contribution is 5.89. The number of carbonyl (C=O) groups is 2. The summed E-state index contributed by atoms with van der Waals surface area (Å²) in [6, 6.07) is 3.67. The molecule has 0 bridgehead atoms. The van der Waals surface area contributed by atoms with Gasteiger partial charge in [0.15, 0.2) is 0 Å². The van der Waals surface area contributed by atoms with Crippen LogP contribution in [0.4, 0.5) is 4.39 Å². The molecule has 130 valence electrons. The van der Waals surface area contributed by atoms with Crippen LogP contribution in [0.1, 0.15) is 37.7 Å². The number of amides is 1. The summed E-state index contributed by atoms with van der Waals surface area (Å²) in [5.41, 5.74) is 0.894. The maximum atomic E-state index is 13.4. The van der Waals surface area contributed by atoms with Crippen LogP contribution >= 0.6 is 0 Å². The average molecular weight is 343 g/mol. The van der Waals surface area contributed by atoms with E-state index < -0.39 is 11.8 Å². The molecule has 0 saturated carbocycles. The molecule has 0 aliphatic heterocycles. The van der Waals surface area contributed by atoms with Crippen LogP contribution in [-0.2, 0) is 9.59 Å². The predicted molar refractivity (Wildman–Crippen MR) is 90.0 cm³/mol. The van der Waals surface area contributed by atoms with Gasteiger partial charge in [-0.05, 0) is 43.9 Å². The molecule has 0 saturated heterocycles. The number of phenols is 1. The van der Waals surface area contributed by atoms with Crippen LogP contribution in [0.3, 0.4) is 0 Å². The monoisotopic (exact) mass is 343 g/mol. The van der Waals surface area contributed by atoms with Crippen LogP contribution in [0, 0.1) is 17.7 Å². The molecule has 1 aliphatic carbocycles. The Morgan fingerprint density at radius 1 is 1.28 bits per heavy atom. The maximum Gasteiger partial charge on any atom is 0.333 e. The van der Waals surface area contributed by atoms with Gasteiger partial charge in [-0.2, -0.15) is 0 Å². The second-order valence-corrected chi connectivity index (χ2v) is 5.56. The van der Waals surface area contributed by atoms with Crippen molar-refractivity contribution in [2.75, 3.05) is 0 Å². The molecular formula is C19H18FNO4. The Kier molecular flexibility index (Phi) is 6.35. The van der Waals surface area contributed by atoms with Gasteiger partial charge in [-0.1, -0.05) is 17.9 Å². The molecule has 0 fully saturated rings. The largest absolute Gasteiger partial charge is 0.508 e. The molecule has 2 rings (SSSR count). The first-order valence-corrected chi connectivity index (χ1v) is 7.87. The maximum absolute atomic E-state index is 13.4. The molecule has 0 unspecified atom stereocenters. The number of carboxylic acid groups (broad SMARTS) is 1. The summed E-state index contributed by atoms with van der Waals surface area (Å²) >= 11 is 0. The molecule has 1 amide bonds. The standard InChI is InChI=1S/C19H18FNO4/c20-16-12-14(22)11-10-13(16)6-2-1-3-9-18(23)21-17-8-5-4-7-15(17)19(24)25/h1,3,10-12,22H,4-5,7-9H2,(H,21,23)(H,24,25)/b3-1+. The van der Waals surface area contributed by atoms with E-state index in [0.29, 0.717) is 18.5 Å². The zero-order chi connectivity index (χ0) is 18.2. The van der Waals surface area contributed by atoms with Crippen LogP contribution in [-0.4, -0.2) is 22.1 Å². The summed E-state index contributed by atoms with van der Waals surface area (Å²) in [7, 11) is 0. The number of halogens is 1. The van der Waals surface area contributed by atoms with Crippen molar-refractivity contribution in [1.29, 1.82) is 0 Å². The molecule has 1 aromatic rings. The molecule has 5 nitrogen and oxygen atoms in total. The van der Waals surface area contributed by atoms with E-state index in [2.05, 4.69) is 17.2 Å². The van der Waals surface area contributed by atoms with Crippen molar-refractivity contribution in [3.8, 4) is 17.6 Å². The van der Waals surface area contributed by atoms with Crippen LogP contribution in [0.2, 0.25) is 0 Å². The summed E-state index contributed by atoms with van der Waals surface area (Å²) in [6.07, 6.45) is 5.67. The van der Waals surface area contributed by atoms with E-state index in [1.54, 1.807) is 0 Å². The molecule has 25 heavy (non-hydrogen) atoms. The number of rotatable bonds is 4. The molecule has 6 heteroatoms. The first-order valence-electron chi connectivity index (χ1n) is 7.87. The Morgan fingerprint density at radius 2 is 2.04 bits per heavy atom. The highest BCUT2D eigenvalue weighted by Crippen LogP contribution is 2.23. The Morgan fingerprint density at radius 3 is 2.76 bits per heavy atom. The molecule has 1 aliphatic rings. The topological polar surface area (TPSA) is 86.6 Å². The van der Waals surface area contributed by atoms with Crippen molar-refractivity contribution in [3.63, 3.8) is 0 Å². The van der Waals surface area contributed by atoms with Crippen LogP contribution in [0.15, 0.2) is 41.6 Å². The minimum absolute atomic E-state index is 0.0448. The van der Waals surface area contributed by atoms with Gasteiger partial charge in [-0.3, -0.25) is 4.79 Å². The van der Waals surface area contributed by atoms with Gasteiger partial charge in [0.25, 0.3) is 0 Å². The number of phenolic OH excluding ortho intramolecular Hbond substituents is 1. The van der Waals surface area contributed by atoms with Gasteiger partial charge in [0.05, 0.1) is 11.1 Å². The fourth-order valence-corrected chi connectivity index (χ4v) is 2.45. The van der Waals surface area contributed by atoms with Crippen molar-refractivity contribution in [1.82, 2.24) is 5.32 Å². The number of hydrogen-bond donors (Lipinski definition) is 3. The molecular weight excluding hydrogens is 325 g/mol. The molecule has 1 aromatic carbocycles. The Bertz CT molecular complexity index is 799. The summed E-state index contributed by atoms with van der Waals surface area (Å²) in [5, 5.41) is 20.9. The molecule has 3 N–H and O–H groups in total. The fraction of sp³-hybridized carbons (Fsp3) is 0.263. The number of aromatic hydroxyl groups is 1. The Hall–Kier alpha value is -3.07. The number of nitrogens with one attached hydrogen (secondary N) is 1. The van der Waals surface area contributed by atoms with Crippen molar-refractivity contribution in [3.05, 3.63) is 53.0 Å². The van der Waals surface area contributed by atoms with Crippen LogP contribution < -0.4 is 5.32 Å². The number of aliphatic carboxylic acids is 1. The van der Waals surface area contributed by atoms with Gasteiger partial charge in [0.2, 0.25) is 5.91 Å². The summed E-state index contributed by atoms with van der Waals surface area (Å²) in [5.74, 6) is 3.08. The third-order valence-electron chi connectivity index (χ3n) is 3.68.